The topological polar surface area (TPSA) is 81.5 Å². The Morgan fingerprint density at radius 1 is 1.25 bits per heavy atom. The molecule has 0 aromatic heterocycles. The predicted molar refractivity (Wildman–Crippen MR) is 89.8 cm³/mol. The first-order valence-corrected chi connectivity index (χ1v) is 7.59. The minimum absolute atomic E-state index is 0.306. The van der Waals surface area contributed by atoms with Gasteiger partial charge in [-0.3, -0.25) is 10.1 Å². The zero-order valence-electron chi connectivity index (χ0n) is 12.0. The zero-order valence-corrected chi connectivity index (χ0v) is 13.5. The Labute approximate surface area is 146 Å². The van der Waals surface area contributed by atoms with Crippen molar-refractivity contribution < 1.29 is 14.5 Å². The lowest BCUT2D eigenvalue weighted by Gasteiger charge is -2.09. The van der Waals surface area contributed by atoms with Crippen molar-refractivity contribution in [3.05, 3.63) is 85.6 Å². The smallest absolute Gasteiger partial charge is 0.339 e. The summed E-state index contributed by atoms with van der Waals surface area (Å²) in [4.78, 5) is 22.7. The molecule has 122 valence electrons. The molecular weight excluding hydrogens is 355 g/mol. The van der Waals surface area contributed by atoms with Crippen molar-refractivity contribution in [3.63, 3.8) is 0 Å². The number of rotatable bonds is 4. The molecule has 2 aromatic rings. The summed E-state index contributed by atoms with van der Waals surface area (Å²) in [6.07, 6.45) is 0.0806. The van der Waals surface area contributed by atoms with Gasteiger partial charge in [0.25, 0.3) is 0 Å². The van der Waals surface area contributed by atoms with Crippen LogP contribution in [0.5, 0.6) is 0 Å². The number of ether oxygens (including phenoxy) is 1. The monoisotopic (exact) mass is 364 g/mol. The van der Waals surface area contributed by atoms with E-state index >= 15 is 0 Å². The van der Waals surface area contributed by atoms with E-state index in [0.29, 0.717) is 26.9 Å². The third kappa shape index (κ3) is 3.06. The van der Waals surface area contributed by atoms with Crippen molar-refractivity contribution in [1.82, 2.24) is 0 Å². The number of carbonyl (C=O) groups is 1. The minimum Gasteiger partial charge on any atom is -0.442 e. The van der Waals surface area contributed by atoms with E-state index in [0.717, 1.165) is 6.20 Å². The number of hydrogen-bond donors (Lipinski definition) is 1. The Balaban J connectivity index is 1.94. The van der Waals surface area contributed by atoms with E-state index in [-0.39, 0.29) is 5.70 Å². The van der Waals surface area contributed by atoms with Gasteiger partial charge >= 0.3 is 11.7 Å². The van der Waals surface area contributed by atoms with E-state index in [9.17, 15) is 14.9 Å². The molecule has 0 fully saturated rings. The maximum absolute atomic E-state index is 11.8. The van der Waals surface area contributed by atoms with Crippen molar-refractivity contribution in [2.75, 3.05) is 5.32 Å². The molecule has 1 atom stereocenters. The molecule has 8 heteroatoms. The second kappa shape index (κ2) is 6.51. The fourth-order valence-corrected chi connectivity index (χ4v) is 2.81. The van der Waals surface area contributed by atoms with Crippen molar-refractivity contribution in [2.45, 2.75) is 6.10 Å². The number of benzene rings is 2. The number of fused-ring (bicyclic) bond motifs is 1. The molecular formula is C16H10Cl2N2O4. The third-order valence-corrected chi connectivity index (χ3v) is 4.02. The van der Waals surface area contributed by atoms with E-state index in [2.05, 4.69) is 5.32 Å². The van der Waals surface area contributed by atoms with Crippen molar-refractivity contribution in [3.8, 4) is 0 Å². The van der Waals surface area contributed by atoms with Gasteiger partial charge in [-0.1, -0.05) is 41.4 Å². The SMILES string of the molecule is O=C1OC(/C(=C/Nc2ccc(Cl)cc2Cl)[N+](=O)[O-])c2ccccc21. The lowest BCUT2D eigenvalue weighted by atomic mass is 10.0. The summed E-state index contributed by atoms with van der Waals surface area (Å²) in [7, 11) is 0. The molecule has 3 rings (SSSR count). The van der Waals surface area contributed by atoms with Crippen LogP contribution in [-0.4, -0.2) is 10.9 Å². The molecule has 1 aliphatic heterocycles. The van der Waals surface area contributed by atoms with Gasteiger partial charge < -0.3 is 10.1 Å². The normalized spacial score (nSPS) is 16.5. The van der Waals surface area contributed by atoms with Gasteiger partial charge in [-0.15, -0.1) is 0 Å². The average molecular weight is 365 g/mol. The Bertz CT molecular complexity index is 867. The van der Waals surface area contributed by atoms with E-state index < -0.39 is 17.0 Å². The first kappa shape index (κ1) is 16.3. The van der Waals surface area contributed by atoms with Crippen LogP contribution in [0, 0.1) is 10.1 Å². The molecule has 0 aliphatic carbocycles. The average Bonchev–Trinajstić information content (AvgIpc) is 2.87. The van der Waals surface area contributed by atoms with E-state index in [1.807, 2.05) is 0 Å². The van der Waals surface area contributed by atoms with Crippen LogP contribution in [0.4, 0.5) is 5.69 Å². The maximum Gasteiger partial charge on any atom is 0.339 e. The van der Waals surface area contributed by atoms with E-state index in [1.165, 1.54) is 6.07 Å². The van der Waals surface area contributed by atoms with E-state index in [4.69, 9.17) is 27.9 Å². The quantitative estimate of drug-likeness (QED) is 0.492. The number of nitro groups is 1. The molecule has 1 aliphatic rings. The van der Waals surface area contributed by atoms with Crippen LogP contribution >= 0.6 is 23.2 Å². The zero-order chi connectivity index (χ0) is 17.3. The van der Waals surface area contributed by atoms with Crippen LogP contribution in [0.2, 0.25) is 10.0 Å². The van der Waals surface area contributed by atoms with Crippen LogP contribution in [0.3, 0.4) is 0 Å². The first-order valence-electron chi connectivity index (χ1n) is 6.83. The Morgan fingerprint density at radius 3 is 2.71 bits per heavy atom. The van der Waals surface area contributed by atoms with Gasteiger partial charge in [0.05, 0.1) is 27.4 Å². The first-order chi connectivity index (χ1) is 11.5. The summed E-state index contributed by atoms with van der Waals surface area (Å²) in [5.41, 5.74) is 0.909. The van der Waals surface area contributed by atoms with Crippen molar-refractivity contribution in [1.29, 1.82) is 0 Å². The van der Waals surface area contributed by atoms with Gasteiger partial charge in [0.2, 0.25) is 6.10 Å². The van der Waals surface area contributed by atoms with Crippen molar-refractivity contribution in [2.24, 2.45) is 0 Å². The number of nitrogens with zero attached hydrogens (tertiary/aromatic N) is 1. The van der Waals surface area contributed by atoms with Crippen LogP contribution in [0.1, 0.15) is 22.0 Å². The maximum atomic E-state index is 11.8. The molecule has 1 N–H and O–H groups in total. The highest BCUT2D eigenvalue weighted by Crippen LogP contribution is 2.36. The Hall–Kier alpha value is -2.57. The molecule has 0 radical (unpaired) electrons. The molecule has 6 nitrogen and oxygen atoms in total. The Kier molecular flexibility index (Phi) is 4.42. The summed E-state index contributed by atoms with van der Waals surface area (Å²) in [5.74, 6) is -0.590. The number of esters is 1. The number of carbonyl (C=O) groups excluding carboxylic acids is 1. The van der Waals surface area contributed by atoms with Crippen molar-refractivity contribution >= 4 is 34.9 Å². The molecule has 0 bridgehead atoms. The summed E-state index contributed by atoms with van der Waals surface area (Å²) >= 11 is 11.8. The highest BCUT2D eigenvalue weighted by atomic mass is 35.5. The molecule has 1 heterocycles. The lowest BCUT2D eigenvalue weighted by Crippen LogP contribution is -2.12. The van der Waals surface area contributed by atoms with Gasteiger partial charge in [0.15, 0.2) is 0 Å². The van der Waals surface area contributed by atoms with Crippen LogP contribution < -0.4 is 5.32 Å². The summed E-state index contributed by atoms with van der Waals surface area (Å²) in [6, 6.07) is 11.2. The number of halogens is 2. The standard InChI is InChI=1S/C16H10Cl2N2O4/c17-9-5-6-13(12(18)7-9)19-8-14(20(22)23)15-10-3-1-2-4-11(10)16(21)24-15/h1-8,15,19H/b14-8-. The largest absolute Gasteiger partial charge is 0.442 e. The van der Waals surface area contributed by atoms with Crippen LogP contribution in [0.15, 0.2) is 54.4 Å². The number of anilines is 1. The second-order valence-corrected chi connectivity index (χ2v) is 5.81. The van der Waals surface area contributed by atoms with Gasteiger partial charge in [0, 0.05) is 10.6 Å². The lowest BCUT2D eigenvalue weighted by molar-refractivity contribution is -0.436. The van der Waals surface area contributed by atoms with Gasteiger partial charge in [0.1, 0.15) is 0 Å². The molecule has 0 saturated heterocycles. The predicted octanol–water partition coefficient (Wildman–Crippen LogP) is 4.44. The summed E-state index contributed by atoms with van der Waals surface area (Å²) in [6.45, 7) is 0. The number of hydrogen-bond acceptors (Lipinski definition) is 5. The molecule has 1 unspecified atom stereocenters. The summed E-state index contributed by atoms with van der Waals surface area (Å²) in [5, 5.41) is 14.9. The molecule has 0 amide bonds. The highest BCUT2D eigenvalue weighted by molar-refractivity contribution is 6.36. The molecule has 24 heavy (non-hydrogen) atoms. The van der Waals surface area contributed by atoms with E-state index in [1.54, 1.807) is 36.4 Å². The molecule has 2 aromatic carbocycles. The van der Waals surface area contributed by atoms with Gasteiger partial charge in [-0.05, 0) is 24.3 Å². The number of cyclic esters (lactones) is 1. The molecule has 0 spiro atoms. The van der Waals surface area contributed by atoms with Crippen LogP contribution in [-0.2, 0) is 4.74 Å². The third-order valence-electron chi connectivity index (χ3n) is 3.47. The van der Waals surface area contributed by atoms with Gasteiger partial charge in [-0.2, -0.15) is 0 Å². The number of nitrogens with one attached hydrogen (secondary N) is 1. The van der Waals surface area contributed by atoms with Gasteiger partial charge in [-0.25, -0.2) is 4.79 Å². The second-order valence-electron chi connectivity index (χ2n) is 4.97. The minimum atomic E-state index is -1.08. The fourth-order valence-electron chi connectivity index (χ4n) is 2.35. The fraction of sp³-hybridized carbons (Fsp3) is 0.0625. The highest BCUT2D eigenvalue weighted by Gasteiger charge is 2.39. The molecule has 0 saturated carbocycles. The summed E-state index contributed by atoms with van der Waals surface area (Å²) < 4.78 is 5.15. The van der Waals surface area contributed by atoms with Crippen LogP contribution in [0.25, 0.3) is 0 Å². The Morgan fingerprint density at radius 2 is 2.00 bits per heavy atom.